The van der Waals surface area contributed by atoms with Gasteiger partial charge in [0.2, 0.25) is 0 Å². The first-order valence-electron chi connectivity index (χ1n) is 9.40. The van der Waals surface area contributed by atoms with Crippen LogP contribution in [0.25, 0.3) is 11.4 Å². The van der Waals surface area contributed by atoms with Crippen LogP contribution >= 0.6 is 0 Å². The van der Waals surface area contributed by atoms with Crippen molar-refractivity contribution in [1.82, 2.24) is 14.9 Å². The quantitative estimate of drug-likeness (QED) is 0.820. The molecule has 1 atom stereocenters. The van der Waals surface area contributed by atoms with Gasteiger partial charge in [0.15, 0.2) is 5.82 Å². The first-order valence-corrected chi connectivity index (χ1v) is 9.40. The Bertz CT molecular complexity index is 755. The number of ether oxygens (including phenoxy) is 1. The lowest BCUT2D eigenvalue weighted by atomic mass is 10.0. The van der Waals surface area contributed by atoms with Crippen LogP contribution in [-0.4, -0.2) is 46.6 Å². The van der Waals surface area contributed by atoms with Gasteiger partial charge >= 0.3 is 0 Å². The molecule has 0 bridgehead atoms. The van der Waals surface area contributed by atoms with E-state index in [1.165, 1.54) is 0 Å². The summed E-state index contributed by atoms with van der Waals surface area (Å²) < 4.78 is 5.85. The maximum atomic E-state index is 13.0. The van der Waals surface area contributed by atoms with Crippen molar-refractivity contribution in [2.45, 2.75) is 46.1 Å². The molecule has 0 spiro atoms. The normalized spacial score (nSPS) is 17.3. The Labute approximate surface area is 155 Å². The SMILES string of the molecule is CCCO[C@H]1CCCN(C(=O)c2cccc(-c3nc(C)cc(C)n3)c2)C1. The summed E-state index contributed by atoms with van der Waals surface area (Å²) in [6.45, 7) is 8.23. The summed E-state index contributed by atoms with van der Waals surface area (Å²) in [6.07, 6.45) is 3.17. The molecule has 2 heterocycles. The number of rotatable bonds is 5. The molecule has 1 aromatic heterocycles. The smallest absolute Gasteiger partial charge is 0.253 e. The number of carbonyl (C=O) groups excluding carboxylic acids is 1. The van der Waals surface area contributed by atoms with E-state index in [0.29, 0.717) is 17.9 Å². The molecule has 0 N–H and O–H groups in total. The van der Waals surface area contributed by atoms with E-state index in [4.69, 9.17) is 4.74 Å². The first-order chi connectivity index (χ1) is 12.6. The Morgan fingerprint density at radius 1 is 1.23 bits per heavy atom. The Morgan fingerprint density at radius 3 is 2.73 bits per heavy atom. The molecule has 0 saturated carbocycles. The van der Waals surface area contributed by atoms with Crippen LogP contribution in [0.15, 0.2) is 30.3 Å². The van der Waals surface area contributed by atoms with E-state index in [1.54, 1.807) is 0 Å². The standard InChI is InChI=1S/C21H27N3O2/c1-4-11-26-19-9-6-10-24(14-19)21(25)18-8-5-7-17(13-18)20-22-15(2)12-16(3)23-20/h5,7-8,12-13,19H,4,6,9-11,14H2,1-3H3/t19-/m0/s1. The number of nitrogens with zero attached hydrogens (tertiary/aromatic N) is 3. The molecule has 138 valence electrons. The van der Waals surface area contributed by atoms with Crippen molar-refractivity contribution in [3.63, 3.8) is 0 Å². The number of likely N-dealkylation sites (tertiary alicyclic amines) is 1. The van der Waals surface area contributed by atoms with Crippen LogP contribution in [0, 0.1) is 13.8 Å². The summed E-state index contributed by atoms with van der Waals surface area (Å²) in [5.41, 5.74) is 3.41. The van der Waals surface area contributed by atoms with E-state index in [9.17, 15) is 4.79 Å². The molecule has 1 amide bonds. The third-order valence-electron chi connectivity index (χ3n) is 4.57. The average Bonchev–Trinajstić information content (AvgIpc) is 2.65. The van der Waals surface area contributed by atoms with Gasteiger partial charge in [-0.05, 0) is 51.3 Å². The lowest BCUT2D eigenvalue weighted by Crippen LogP contribution is -2.43. The van der Waals surface area contributed by atoms with E-state index in [1.807, 2.05) is 49.1 Å². The van der Waals surface area contributed by atoms with Gasteiger partial charge in [0.05, 0.1) is 6.10 Å². The maximum Gasteiger partial charge on any atom is 0.253 e. The zero-order valence-corrected chi connectivity index (χ0v) is 15.9. The number of piperidine rings is 1. The lowest BCUT2D eigenvalue weighted by molar-refractivity contribution is 0.00211. The van der Waals surface area contributed by atoms with Gasteiger partial charge in [0, 0.05) is 42.2 Å². The van der Waals surface area contributed by atoms with Gasteiger partial charge in [-0.1, -0.05) is 19.1 Å². The minimum atomic E-state index is 0.0565. The Balaban J connectivity index is 1.78. The lowest BCUT2D eigenvalue weighted by Gasteiger charge is -2.32. The molecule has 5 heteroatoms. The fourth-order valence-electron chi connectivity index (χ4n) is 3.37. The minimum Gasteiger partial charge on any atom is -0.376 e. The van der Waals surface area contributed by atoms with Gasteiger partial charge in [-0.3, -0.25) is 4.79 Å². The third kappa shape index (κ3) is 4.47. The minimum absolute atomic E-state index is 0.0565. The van der Waals surface area contributed by atoms with Gasteiger partial charge in [-0.2, -0.15) is 0 Å². The van der Waals surface area contributed by atoms with Gasteiger partial charge in [0.25, 0.3) is 5.91 Å². The van der Waals surface area contributed by atoms with E-state index < -0.39 is 0 Å². The highest BCUT2D eigenvalue weighted by Crippen LogP contribution is 2.21. The Hall–Kier alpha value is -2.27. The molecule has 3 rings (SSSR count). The molecule has 0 aliphatic carbocycles. The summed E-state index contributed by atoms with van der Waals surface area (Å²) in [6, 6.07) is 9.56. The van der Waals surface area contributed by atoms with Crippen LogP contribution < -0.4 is 0 Å². The molecule has 1 aromatic carbocycles. The van der Waals surface area contributed by atoms with Crippen molar-refractivity contribution in [3.05, 3.63) is 47.3 Å². The van der Waals surface area contributed by atoms with Crippen LogP contribution in [0.5, 0.6) is 0 Å². The maximum absolute atomic E-state index is 13.0. The number of hydrogen-bond acceptors (Lipinski definition) is 4. The summed E-state index contributed by atoms with van der Waals surface area (Å²) in [5, 5.41) is 0. The molecular weight excluding hydrogens is 326 g/mol. The predicted octanol–water partition coefficient (Wildman–Crippen LogP) is 3.79. The molecule has 1 saturated heterocycles. The molecule has 0 unspecified atom stereocenters. The number of aryl methyl sites for hydroxylation is 2. The van der Waals surface area contributed by atoms with Gasteiger partial charge < -0.3 is 9.64 Å². The zero-order chi connectivity index (χ0) is 18.5. The molecule has 5 nitrogen and oxygen atoms in total. The van der Waals surface area contributed by atoms with Crippen LogP contribution in [0.2, 0.25) is 0 Å². The second-order valence-corrected chi connectivity index (χ2v) is 6.94. The van der Waals surface area contributed by atoms with Gasteiger partial charge in [-0.25, -0.2) is 9.97 Å². The molecule has 0 radical (unpaired) electrons. The fraction of sp³-hybridized carbons (Fsp3) is 0.476. The number of hydrogen-bond donors (Lipinski definition) is 0. The van der Waals surface area contributed by atoms with Crippen molar-refractivity contribution in [3.8, 4) is 11.4 Å². The third-order valence-corrected chi connectivity index (χ3v) is 4.57. The predicted molar refractivity (Wildman–Crippen MR) is 102 cm³/mol. The summed E-state index contributed by atoms with van der Waals surface area (Å²) in [7, 11) is 0. The zero-order valence-electron chi connectivity index (χ0n) is 15.9. The summed E-state index contributed by atoms with van der Waals surface area (Å²) in [4.78, 5) is 23.9. The van der Waals surface area contributed by atoms with Crippen molar-refractivity contribution < 1.29 is 9.53 Å². The van der Waals surface area contributed by atoms with Gasteiger partial charge in [-0.15, -0.1) is 0 Å². The van der Waals surface area contributed by atoms with Crippen LogP contribution in [-0.2, 0) is 4.74 Å². The second-order valence-electron chi connectivity index (χ2n) is 6.94. The highest BCUT2D eigenvalue weighted by atomic mass is 16.5. The van der Waals surface area contributed by atoms with Crippen LogP contribution in [0.1, 0.15) is 47.9 Å². The van der Waals surface area contributed by atoms with Crippen molar-refractivity contribution in [2.75, 3.05) is 19.7 Å². The molecule has 1 aliphatic rings. The van der Waals surface area contributed by atoms with E-state index in [2.05, 4.69) is 16.9 Å². The number of carbonyl (C=O) groups is 1. The summed E-state index contributed by atoms with van der Waals surface area (Å²) >= 11 is 0. The first kappa shape index (κ1) is 18.5. The van der Waals surface area contributed by atoms with Crippen molar-refractivity contribution in [2.24, 2.45) is 0 Å². The molecule has 1 fully saturated rings. The van der Waals surface area contributed by atoms with Crippen LogP contribution in [0.4, 0.5) is 0 Å². The monoisotopic (exact) mass is 353 g/mol. The van der Waals surface area contributed by atoms with Gasteiger partial charge in [0.1, 0.15) is 0 Å². The second kappa shape index (κ2) is 8.41. The number of amides is 1. The van der Waals surface area contributed by atoms with Crippen LogP contribution in [0.3, 0.4) is 0 Å². The van der Waals surface area contributed by atoms with E-state index in [-0.39, 0.29) is 12.0 Å². The van der Waals surface area contributed by atoms with Crippen molar-refractivity contribution in [1.29, 1.82) is 0 Å². The van der Waals surface area contributed by atoms with Crippen molar-refractivity contribution >= 4 is 5.91 Å². The topological polar surface area (TPSA) is 55.3 Å². The van der Waals surface area contributed by atoms with E-state index >= 15 is 0 Å². The average molecular weight is 353 g/mol. The Kier molecular flexibility index (Phi) is 5.99. The molecular formula is C21H27N3O2. The highest BCUT2D eigenvalue weighted by Gasteiger charge is 2.25. The number of benzene rings is 1. The number of aromatic nitrogens is 2. The highest BCUT2D eigenvalue weighted by molar-refractivity contribution is 5.95. The summed E-state index contributed by atoms with van der Waals surface area (Å²) in [5.74, 6) is 0.723. The van der Waals surface area contributed by atoms with E-state index in [0.717, 1.165) is 49.4 Å². The Morgan fingerprint density at radius 2 is 2.00 bits per heavy atom. The fourth-order valence-corrected chi connectivity index (χ4v) is 3.37. The molecule has 26 heavy (non-hydrogen) atoms. The molecule has 2 aromatic rings. The molecule has 1 aliphatic heterocycles. The largest absolute Gasteiger partial charge is 0.376 e.